The molecule has 0 bridgehead atoms. The molecular weight excluding hydrogens is 340 g/mol. The van der Waals surface area contributed by atoms with Crippen molar-refractivity contribution >= 4 is 11.7 Å². The Hall–Kier alpha value is -3.15. The molecule has 6 heteroatoms. The zero-order valence-corrected chi connectivity index (χ0v) is 16.3. The number of pyridine rings is 1. The van der Waals surface area contributed by atoms with E-state index in [0.717, 1.165) is 11.3 Å². The van der Waals surface area contributed by atoms with E-state index in [9.17, 15) is 4.79 Å². The summed E-state index contributed by atoms with van der Waals surface area (Å²) < 4.78 is 6.99. The van der Waals surface area contributed by atoms with Crippen molar-refractivity contribution in [1.82, 2.24) is 14.8 Å². The number of carbonyl (C=O) groups excluding carboxylic acids is 1. The number of methoxy groups -OCH3 is 1. The summed E-state index contributed by atoms with van der Waals surface area (Å²) in [5.74, 6) is 1.47. The van der Waals surface area contributed by atoms with E-state index >= 15 is 0 Å². The number of rotatable bonds is 4. The normalized spacial score (nSPS) is 11.3. The second-order valence-electron chi connectivity index (χ2n) is 7.42. The van der Waals surface area contributed by atoms with Gasteiger partial charge in [-0.15, -0.1) is 0 Å². The van der Waals surface area contributed by atoms with Crippen LogP contribution in [0.15, 0.2) is 48.7 Å². The molecule has 140 valence electrons. The first-order valence-corrected chi connectivity index (χ1v) is 8.77. The SMILES string of the molecule is COc1ccc(C)cc1C(=O)Nc1cc(C(C)(C)C)nn1-c1ccccn1. The molecule has 1 amide bonds. The van der Waals surface area contributed by atoms with Crippen molar-refractivity contribution in [3.05, 3.63) is 65.5 Å². The zero-order valence-electron chi connectivity index (χ0n) is 16.3. The van der Waals surface area contributed by atoms with Crippen molar-refractivity contribution in [3.63, 3.8) is 0 Å². The second-order valence-corrected chi connectivity index (χ2v) is 7.42. The van der Waals surface area contributed by atoms with Gasteiger partial charge in [0.1, 0.15) is 11.6 Å². The standard InChI is InChI=1S/C21H24N4O2/c1-14-9-10-16(27-5)15(12-14)20(26)23-19-13-17(21(2,3)4)24-25(19)18-8-6-7-11-22-18/h6-13H,1-5H3,(H,23,26). The van der Waals surface area contributed by atoms with Crippen LogP contribution in [0, 0.1) is 6.92 Å². The van der Waals surface area contributed by atoms with Crippen molar-refractivity contribution in [2.75, 3.05) is 12.4 Å². The maximum atomic E-state index is 12.9. The molecule has 27 heavy (non-hydrogen) atoms. The first-order valence-electron chi connectivity index (χ1n) is 8.77. The third kappa shape index (κ3) is 4.00. The molecule has 0 aliphatic heterocycles. The molecule has 0 fully saturated rings. The number of hydrogen-bond donors (Lipinski definition) is 1. The second kappa shape index (κ2) is 7.23. The van der Waals surface area contributed by atoms with Crippen molar-refractivity contribution < 1.29 is 9.53 Å². The van der Waals surface area contributed by atoms with Crippen LogP contribution in [-0.2, 0) is 5.41 Å². The van der Waals surface area contributed by atoms with E-state index in [1.165, 1.54) is 0 Å². The Morgan fingerprint density at radius 1 is 1.15 bits per heavy atom. The molecule has 0 saturated heterocycles. The van der Waals surface area contributed by atoms with Crippen LogP contribution in [0.1, 0.15) is 42.4 Å². The number of anilines is 1. The summed E-state index contributed by atoms with van der Waals surface area (Å²) in [6, 6.07) is 13.0. The van der Waals surface area contributed by atoms with Gasteiger partial charge in [0.15, 0.2) is 5.82 Å². The van der Waals surface area contributed by atoms with Gasteiger partial charge in [-0.3, -0.25) is 4.79 Å². The number of amides is 1. The molecule has 2 aromatic heterocycles. The van der Waals surface area contributed by atoms with Gasteiger partial charge in [0.2, 0.25) is 0 Å². The average Bonchev–Trinajstić information content (AvgIpc) is 3.06. The molecule has 0 spiro atoms. The number of ether oxygens (including phenoxy) is 1. The minimum Gasteiger partial charge on any atom is -0.496 e. The van der Waals surface area contributed by atoms with Gasteiger partial charge in [0.05, 0.1) is 18.4 Å². The number of carbonyl (C=O) groups is 1. The van der Waals surface area contributed by atoms with E-state index in [0.29, 0.717) is 22.9 Å². The molecule has 6 nitrogen and oxygen atoms in total. The van der Waals surface area contributed by atoms with Crippen molar-refractivity contribution in [2.24, 2.45) is 0 Å². The third-order valence-electron chi connectivity index (χ3n) is 4.19. The maximum Gasteiger partial charge on any atom is 0.260 e. The Morgan fingerprint density at radius 3 is 2.56 bits per heavy atom. The van der Waals surface area contributed by atoms with Crippen LogP contribution in [0.5, 0.6) is 5.75 Å². The number of nitrogens with zero attached hydrogens (tertiary/aromatic N) is 3. The van der Waals surface area contributed by atoms with Gasteiger partial charge in [0, 0.05) is 17.7 Å². The average molecular weight is 364 g/mol. The van der Waals surface area contributed by atoms with Crippen LogP contribution in [0.3, 0.4) is 0 Å². The van der Waals surface area contributed by atoms with E-state index in [1.54, 1.807) is 30.1 Å². The first kappa shape index (κ1) is 18.6. The van der Waals surface area contributed by atoms with Gasteiger partial charge in [-0.05, 0) is 31.2 Å². The highest BCUT2D eigenvalue weighted by atomic mass is 16.5. The van der Waals surface area contributed by atoms with Crippen LogP contribution in [0.2, 0.25) is 0 Å². The Morgan fingerprint density at radius 2 is 1.93 bits per heavy atom. The summed E-state index contributed by atoms with van der Waals surface area (Å²) in [5, 5.41) is 7.63. The number of hydrogen-bond acceptors (Lipinski definition) is 4. The van der Waals surface area contributed by atoms with Gasteiger partial charge in [-0.25, -0.2) is 4.98 Å². The van der Waals surface area contributed by atoms with E-state index in [2.05, 4.69) is 36.2 Å². The summed E-state index contributed by atoms with van der Waals surface area (Å²) in [4.78, 5) is 17.3. The molecule has 2 heterocycles. The summed E-state index contributed by atoms with van der Waals surface area (Å²) >= 11 is 0. The van der Waals surface area contributed by atoms with Crippen LogP contribution in [0.4, 0.5) is 5.82 Å². The van der Waals surface area contributed by atoms with Crippen LogP contribution < -0.4 is 10.1 Å². The quantitative estimate of drug-likeness (QED) is 0.756. The van der Waals surface area contributed by atoms with Crippen LogP contribution in [0.25, 0.3) is 5.82 Å². The molecule has 3 aromatic rings. The lowest BCUT2D eigenvalue weighted by molar-refractivity contribution is 0.102. The Balaban J connectivity index is 2.03. The number of nitrogens with one attached hydrogen (secondary N) is 1. The molecule has 0 unspecified atom stereocenters. The smallest absolute Gasteiger partial charge is 0.260 e. The largest absolute Gasteiger partial charge is 0.496 e. The van der Waals surface area contributed by atoms with Crippen molar-refractivity contribution in [1.29, 1.82) is 0 Å². The Bertz CT molecular complexity index is 956. The molecule has 0 aliphatic carbocycles. The summed E-state index contributed by atoms with van der Waals surface area (Å²) in [6.07, 6.45) is 1.70. The molecule has 3 rings (SSSR count). The lowest BCUT2D eigenvalue weighted by atomic mass is 9.92. The Labute approximate surface area is 159 Å². The van der Waals surface area contributed by atoms with Crippen LogP contribution in [-0.4, -0.2) is 27.8 Å². The van der Waals surface area contributed by atoms with E-state index < -0.39 is 0 Å². The fraction of sp³-hybridized carbons (Fsp3) is 0.286. The monoisotopic (exact) mass is 364 g/mol. The van der Waals surface area contributed by atoms with Gasteiger partial charge in [0.25, 0.3) is 5.91 Å². The number of aromatic nitrogens is 3. The topological polar surface area (TPSA) is 69.0 Å². The van der Waals surface area contributed by atoms with Gasteiger partial charge >= 0.3 is 0 Å². The first-order chi connectivity index (χ1) is 12.8. The van der Waals surface area contributed by atoms with Crippen molar-refractivity contribution in [2.45, 2.75) is 33.1 Å². The number of benzene rings is 1. The summed E-state index contributed by atoms with van der Waals surface area (Å²) in [7, 11) is 1.55. The molecule has 0 atom stereocenters. The summed E-state index contributed by atoms with van der Waals surface area (Å²) in [6.45, 7) is 8.17. The summed E-state index contributed by atoms with van der Waals surface area (Å²) in [5.41, 5.74) is 2.15. The van der Waals surface area contributed by atoms with Gasteiger partial charge < -0.3 is 10.1 Å². The van der Waals surface area contributed by atoms with E-state index in [1.807, 2.05) is 37.3 Å². The molecule has 0 aliphatic rings. The fourth-order valence-electron chi connectivity index (χ4n) is 2.67. The van der Waals surface area contributed by atoms with E-state index in [4.69, 9.17) is 4.74 Å². The lowest BCUT2D eigenvalue weighted by Crippen LogP contribution is -2.16. The number of aryl methyl sites for hydroxylation is 1. The minimum absolute atomic E-state index is 0.166. The van der Waals surface area contributed by atoms with Crippen molar-refractivity contribution in [3.8, 4) is 11.6 Å². The molecule has 1 N–H and O–H groups in total. The molecule has 0 radical (unpaired) electrons. The molecular formula is C21H24N4O2. The van der Waals surface area contributed by atoms with Crippen LogP contribution >= 0.6 is 0 Å². The third-order valence-corrected chi connectivity index (χ3v) is 4.19. The fourth-order valence-corrected chi connectivity index (χ4v) is 2.67. The van der Waals surface area contributed by atoms with E-state index in [-0.39, 0.29) is 11.3 Å². The highest BCUT2D eigenvalue weighted by Crippen LogP contribution is 2.27. The minimum atomic E-state index is -0.256. The zero-order chi connectivity index (χ0) is 19.6. The Kier molecular flexibility index (Phi) is 4.99. The highest BCUT2D eigenvalue weighted by Gasteiger charge is 2.23. The molecule has 1 aromatic carbocycles. The van der Waals surface area contributed by atoms with Gasteiger partial charge in [-0.2, -0.15) is 9.78 Å². The predicted molar refractivity (Wildman–Crippen MR) is 106 cm³/mol. The maximum absolute atomic E-state index is 12.9. The molecule has 0 saturated carbocycles. The lowest BCUT2D eigenvalue weighted by Gasteiger charge is -2.13. The predicted octanol–water partition coefficient (Wildman–Crippen LogP) is 4.13. The van der Waals surface area contributed by atoms with Gasteiger partial charge in [-0.1, -0.05) is 38.5 Å². The highest BCUT2D eigenvalue weighted by molar-refractivity contribution is 6.06.